The van der Waals surface area contributed by atoms with Crippen LogP contribution in [-0.4, -0.2) is 18.8 Å². The molecule has 1 aliphatic heterocycles. The first-order valence-corrected chi connectivity index (χ1v) is 6.41. The average molecular weight is 237 g/mol. The van der Waals surface area contributed by atoms with Crippen LogP contribution in [0.25, 0.3) is 0 Å². The second-order valence-corrected chi connectivity index (χ2v) is 4.66. The Bertz CT molecular complexity index is 354. The molecular weight excluding hydrogens is 217 g/mol. The number of rotatable bonds is 4. The number of halogens is 1. The molecule has 0 bridgehead atoms. The number of hydrogen-bond donors (Lipinski definition) is 1. The number of nitrogens with one attached hydrogen (secondary N) is 1. The molecule has 0 aromatic heterocycles. The highest BCUT2D eigenvalue weighted by atomic mass is 19.1. The fourth-order valence-corrected chi connectivity index (χ4v) is 2.35. The Kier molecular flexibility index (Phi) is 4.37. The van der Waals surface area contributed by atoms with Crippen molar-refractivity contribution in [1.29, 1.82) is 0 Å². The second-order valence-electron chi connectivity index (χ2n) is 4.66. The third kappa shape index (κ3) is 3.70. The van der Waals surface area contributed by atoms with Crippen molar-refractivity contribution < 1.29 is 9.13 Å². The van der Waals surface area contributed by atoms with E-state index >= 15 is 0 Å². The van der Waals surface area contributed by atoms with E-state index in [1.54, 1.807) is 12.1 Å². The van der Waals surface area contributed by atoms with Gasteiger partial charge in [-0.15, -0.1) is 0 Å². The molecule has 2 atom stereocenters. The van der Waals surface area contributed by atoms with E-state index in [1.165, 1.54) is 6.07 Å². The fraction of sp³-hybridized carbons (Fsp3) is 0.571. The van der Waals surface area contributed by atoms with E-state index in [2.05, 4.69) is 12.2 Å². The van der Waals surface area contributed by atoms with Gasteiger partial charge in [-0.25, -0.2) is 4.39 Å². The van der Waals surface area contributed by atoms with Crippen molar-refractivity contribution in [3.05, 3.63) is 30.1 Å². The summed E-state index contributed by atoms with van der Waals surface area (Å²) in [6.45, 7) is 2.98. The highest BCUT2D eigenvalue weighted by molar-refractivity contribution is 5.44. The van der Waals surface area contributed by atoms with Gasteiger partial charge in [-0.1, -0.05) is 19.4 Å². The topological polar surface area (TPSA) is 21.3 Å². The molecule has 0 amide bonds. The second kappa shape index (κ2) is 6.01. The van der Waals surface area contributed by atoms with Gasteiger partial charge in [0.25, 0.3) is 0 Å². The van der Waals surface area contributed by atoms with Crippen molar-refractivity contribution in [2.24, 2.45) is 0 Å². The molecule has 0 spiro atoms. The van der Waals surface area contributed by atoms with Crippen LogP contribution in [0.15, 0.2) is 24.3 Å². The summed E-state index contributed by atoms with van der Waals surface area (Å²) < 4.78 is 18.8. The molecule has 1 N–H and O–H groups in total. The monoisotopic (exact) mass is 237 g/mol. The Morgan fingerprint density at radius 2 is 2.35 bits per heavy atom. The molecule has 1 aromatic rings. The van der Waals surface area contributed by atoms with Crippen molar-refractivity contribution >= 4 is 5.69 Å². The molecule has 94 valence electrons. The Hall–Kier alpha value is -1.09. The lowest BCUT2D eigenvalue weighted by atomic mass is 10.00. The van der Waals surface area contributed by atoms with Crippen LogP contribution in [0.4, 0.5) is 10.1 Å². The predicted octanol–water partition coefficient (Wildman–Crippen LogP) is 3.59. The van der Waals surface area contributed by atoms with Crippen LogP contribution >= 0.6 is 0 Å². The number of benzene rings is 1. The van der Waals surface area contributed by atoms with Crippen LogP contribution in [0, 0.1) is 5.82 Å². The van der Waals surface area contributed by atoms with E-state index in [9.17, 15) is 4.39 Å². The fourth-order valence-electron chi connectivity index (χ4n) is 2.35. The summed E-state index contributed by atoms with van der Waals surface area (Å²) in [5.41, 5.74) is 0.868. The van der Waals surface area contributed by atoms with Crippen LogP contribution in [-0.2, 0) is 4.74 Å². The minimum atomic E-state index is -0.188. The maximum atomic E-state index is 13.1. The van der Waals surface area contributed by atoms with Crippen LogP contribution in [0.5, 0.6) is 0 Å². The maximum Gasteiger partial charge on any atom is 0.125 e. The molecule has 0 aliphatic carbocycles. The van der Waals surface area contributed by atoms with Crippen LogP contribution in [0.3, 0.4) is 0 Å². The van der Waals surface area contributed by atoms with Crippen molar-refractivity contribution in [1.82, 2.24) is 0 Å². The standard InChI is InChI=1S/C14H20FNO/c1-2-4-14-10-13(7-8-17-14)16-12-6-3-5-11(15)9-12/h3,5-6,9,13-14,16H,2,4,7-8,10H2,1H3. The summed E-state index contributed by atoms with van der Waals surface area (Å²) in [4.78, 5) is 0. The SMILES string of the molecule is CCCC1CC(Nc2cccc(F)c2)CCO1. The van der Waals surface area contributed by atoms with E-state index in [0.29, 0.717) is 12.1 Å². The zero-order valence-corrected chi connectivity index (χ0v) is 10.3. The lowest BCUT2D eigenvalue weighted by Gasteiger charge is -2.30. The Balaban J connectivity index is 1.90. The first kappa shape index (κ1) is 12.4. The smallest absolute Gasteiger partial charge is 0.125 e. The molecular formula is C14H20FNO. The lowest BCUT2D eigenvalue weighted by molar-refractivity contribution is 0.00598. The highest BCUT2D eigenvalue weighted by Gasteiger charge is 2.21. The Labute approximate surface area is 102 Å². The highest BCUT2D eigenvalue weighted by Crippen LogP contribution is 2.21. The minimum Gasteiger partial charge on any atom is -0.382 e. The number of anilines is 1. The van der Waals surface area contributed by atoms with Crippen molar-refractivity contribution in [3.8, 4) is 0 Å². The summed E-state index contributed by atoms with van der Waals surface area (Å²) in [6, 6.07) is 7.06. The van der Waals surface area contributed by atoms with Gasteiger partial charge in [0.15, 0.2) is 0 Å². The van der Waals surface area contributed by atoms with Gasteiger partial charge in [0, 0.05) is 18.3 Å². The Morgan fingerprint density at radius 3 is 3.12 bits per heavy atom. The third-order valence-corrected chi connectivity index (χ3v) is 3.17. The van der Waals surface area contributed by atoms with Crippen molar-refractivity contribution in [2.75, 3.05) is 11.9 Å². The van der Waals surface area contributed by atoms with Gasteiger partial charge < -0.3 is 10.1 Å². The molecule has 0 radical (unpaired) electrons. The predicted molar refractivity (Wildman–Crippen MR) is 67.7 cm³/mol. The van der Waals surface area contributed by atoms with Gasteiger partial charge in [-0.3, -0.25) is 0 Å². The molecule has 17 heavy (non-hydrogen) atoms. The van der Waals surface area contributed by atoms with E-state index < -0.39 is 0 Å². The summed E-state index contributed by atoms with van der Waals surface area (Å²) >= 11 is 0. The third-order valence-electron chi connectivity index (χ3n) is 3.17. The van der Waals surface area contributed by atoms with E-state index in [4.69, 9.17) is 4.74 Å². The summed E-state index contributed by atoms with van der Waals surface area (Å²) in [6.07, 6.45) is 4.64. The molecule has 2 nitrogen and oxygen atoms in total. The number of ether oxygens (including phenoxy) is 1. The number of hydrogen-bond acceptors (Lipinski definition) is 2. The van der Waals surface area contributed by atoms with E-state index in [0.717, 1.165) is 38.0 Å². The zero-order chi connectivity index (χ0) is 12.1. The molecule has 1 aliphatic rings. The Morgan fingerprint density at radius 1 is 1.47 bits per heavy atom. The summed E-state index contributed by atoms with van der Waals surface area (Å²) in [5.74, 6) is -0.188. The molecule has 2 unspecified atom stereocenters. The first-order valence-electron chi connectivity index (χ1n) is 6.41. The average Bonchev–Trinajstić information content (AvgIpc) is 2.30. The minimum absolute atomic E-state index is 0.188. The van der Waals surface area contributed by atoms with E-state index in [1.807, 2.05) is 6.07 Å². The summed E-state index contributed by atoms with van der Waals surface area (Å²) in [5, 5.41) is 3.39. The maximum absolute atomic E-state index is 13.1. The normalized spacial score (nSPS) is 24.6. The first-order chi connectivity index (χ1) is 8.28. The van der Waals surface area contributed by atoms with Gasteiger partial charge in [0.2, 0.25) is 0 Å². The van der Waals surface area contributed by atoms with E-state index in [-0.39, 0.29) is 5.82 Å². The molecule has 0 saturated carbocycles. The van der Waals surface area contributed by atoms with Crippen molar-refractivity contribution in [2.45, 2.75) is 44.8 Å². The molecule has 3 heteroatoms. The van der Waals surface area contributed by atoms with Crippen LogP contribution in [0.2, 0.25) is 0 Å². The molecule has 1 aromatic carbocycles. The van der Waals surface area contributed by atoms with Gasteiger partial charge in [0.05, 0.1) is 6.10 Å². The van der Waals surface area contributed by atoms with Crippen LogP contribution in [0.1, 0.15) is 32.6 Å². The van der Waals surface area contributed by atoms with Gasteiger partial charge in [-0.2, -0.15) is 0 Å². The summed E-state index contributed by atoms with van der Waals surface area (Å²) in [7, 11) is 0. The lowest BCUT2D eigenvalue weighted by Crippen LogP contribution is -2.33. The largest absolute Gasteiger partial charge is 0.382 e. The molecule has 1 fully saturated rings. The van der Waals surface area contributed by atoms with Gasteiger partial charge in [-0.05, 0) is 37.5 Å². The van der Waals surface area contributed by atoms with Gasteiger partial charge in [0.1, 0.15) is 5.82 Å². The van der Waals surface area contributed by atoms with Crippen LogP contribution < -0.4 is 5.32 Å². The molecule has 1 heterocycles. The molecule has 1 saturated heterocycles. The van der Waals surface area contributed by atoms with Gasteiger partial charge >= 0.3 is 0 Å². The quantitative estimate of drug-likeness (QED) is 0.864. The van der Waals surface area contributed by atoms with Crippen molar-refractivity contribution in [3.63, 3.8) is 0 Å². The zero-order valence-electron chi connectivity index (χ0n) is 10.3. The molecule has 2 rings (SSSR count).